The summed E-state index contributed by atoms with van der Waals surface area (Å²) in [6, 6.07) is -1.08. The Labute approximate surface area is 377 Å². The van der Waals surface area contributed by atoms with E-state index in [4.69, 9.17) is 23.7 Å². The number of ether oxygens (including phenoxy) is 5. The van der Waals surface area contributed by atoms with Gasteiger partial charge in [-0.15, -0.1) is 0 Å². The number of amides is 1. The molecule has 3 heterocycles. The van der Waals surface area contributed by atoms with Crippen molar-refractivity contribution >= 4 is 29.2 Å². The van der Waals surface area contributed by atoms with E-state index in [2.05, 4.69) is 26.0 Å². The highest BCUT2D eigenvalue weighted by atomic mass is 16.6. The number of rotatable bonds is 6. The third-order valence-corrected chi connectivity index (χ3v) is 14.1. The number of nitrogens with zero attached hydrogens (tertiary/aromatic N) is 1. The second-order valence-electron chi connectivity index (χ2n) is 19.5. The van der Waals surface area contributed by atoms with Crippen LogP contribution in [-0.4, -0.2) is 109 Å². The van der Waals surface area contributed by atoms with Crippen LogP contribution >= 0.6 is 0 Å². The molecule has 3 aliphatic heterocycles. The van der Waals surface area contributed by atoms with Crippen LogP contribution in [0.3, 0.4) is 0 Å². The van der Waals surface area contributed by atoms with Crippen LogP contribution in [-0.2, 0) is 47.7 Å². The molecule has 1 aliphatic carbocycles. The molecule has 1 N–H and O–H groups in total. The molecule has 2 bridgehead atoms. The van der Waals surface area contributed by atoms with Gasteiger partial charge in [0.25, 0.3) is 11.7 Å². The maximum atomic E-state index is 14.3. The van der Waals surface area contributed by atoms with Crippen molar-refractivity contribution in [2.75, 3.05) is 27.9 Å². The number of hydrogen-bond donors (Lipinski definition) is 1. The van der Waals surface area contributed by atoms with Gasteiger partial charge in [0.1, 0.15) is 24.0 Å². The van der Waals surface area contributed by atoms with Crippen molar-refractivity contribution in [3.8, 4) is 0 Å². The van der Waals surface area contributed by atoms with Gasteiger partial charge in [0.15, 0.2) is 5.78 Å². The number of fused-ring (bicyclic) bond motifs is 3. The van der Waals surface area contributed by atoms with Crippen LogP contribution in [0.1, 0.15) is 138 Å². The van der Waals surface area contributed by atoms with Crippen molar-refractivity contribution in [3.05, 3.63) is 47.6 Å². The number of allylic oxidation sites excluding steroid dienone is 6. The number of carbonyl (C=O) groups excluding carboxylic acids is 5. The Morgan fingerprint density at radius 1 is 0.825 bits per heavy atom. The van der Waals surface area contributed by atoms with Crippen molar-refractivity contribution in [1.82, 2.24) is 4.90 Å². The first-order valence-corrected chi connectivity index (χ1v) is 23.7. The fourth-order valence-electron chi connectivity index (χ4n) is 10.2. The summed E-state index contributed by atoms with van der Waals surface area (Å²) in [6.45, 7) is 14.1. The van der Waals surface area contributed by atoms with Gasteiger partial charge in [-0.05, 0) is 114 Å². The van der Waals surface area contributed by atoms with Gasteiger partial charge < -0.3 is 33.7 Å². The predicted octanol–water partition coefficient (Wildman–Crippen LogP) is 8.24. The van der Waals surface area contributed by atoms with Crippen molar-refractivity contribution in [3.63, 3.8) is 0 Å². The van der Waals surface area contributed by atoms with E-state index in [-0.39, 0.29) is 55.0 Å². The van der Waals surface area contributed by atoms with Gasteiger partial charge >= 0.3 is 5.97 Å². The van der Waals surface area contributed by atoms with E-state index in [0.717, 1.165) is 24.0 Å². The smallest absolute Gasteiger partial charge is 0.329 e. The number of carbonyl (C=O) groups is 5. The van der Waals surface area contributed by atoms with Crippen LogP contribution in [0.5, 0.6) is 0 Å². The molecule has 12 heteroatoms. The monoisotopic (exact) mass is 882 g/mol. The van der Waals surface area contributed by atoms with Gasteiger partial charge in [0.2, 0.25) is 5.79 Å². The number of ketones is 3. The van der Waals surface area contributed by atoms with Crippen molar-refractivity contribution in [2.24, 2.45) is 35.5 Å². The van der Waals surface area contributed by atoms with E-state index in [1.807, 2.05) is 52.0 Å². The summed E-state index contributed by atoms with van der Waals surface area (Å²) in [5.41, 5.74) is 1.99. The maximum absolute atomic E-state index is 14.3. The Morgan fingerprint density at radius 2 is 1.56 bits per heavy atom. The number of aliphatic hydroxyl groups is 1. The number of cyclic esters (lactones) is 1. The molecule has 0 aromatic heterocycles. The Morgan fingerprint density at radius 3 is 2.25 bits per heavy atom. The van der Waals surface area contributed by atoms with Crippen molar-refractivity contribution < 1.29 is 52.8 Å². The predicted molar refractivity (Wildman–Crippen MR) is 242 cm³/mol. The standard InChI is InChI=1S/C51H79NO11/c1-32-16-12-11-13-17-35(4)45(60-9)30-40-21-19-38(7)51(58,63-40)48(55)49(56)52-23-15-14-18-42(52)50(57)62-46(37(6)28-39-20-22-43(53)47(29-39)61-10)31-44(54)36(5)25-34(3)27-41(59-8)26-33(2)24-32/h11-13,16-17,25,32-33,36-42,45-47,58H,14-15,18-24,26-31H2,1-10H3/b13-11+,16-12+,34-25+,35-17+/t32-,33-,36-,37-,38-,39+,40+,41+,42+,45+,46+,47-,51-/m1/s1. The second kappa shape index (κ2) is 24.8. The number of methoxy groups -OCH3 is 3. The molecule has 12 nitrogen and oxygen atoms in total. The zero-order valence-corrected chi connectivity index (χ0v) is 40.0. The Kier molecular flexibility index (Phi) is 20.6. The van der Waals surface area contributed by atoms with Crippen LogP contribution in [0.2, 0.25) is 0 Å². The van der Waals surface area contributed by atoms with Gasteiger partial charge in [0, 0.05) is 59.0 Å². The molecule has 4 rings (SSSR count). The molecule has 0 spiro atoms. The largest absolute Gasteiger partial charge is 0.460 e. The lowest BCUT2D eigenvalue weighted by molar-refractivity contribution is -0.265. The zero-order valence-electron chi connectivity index (χ0n) is 40.0. The normalized spacial score (nSPS) is 38.9. The molecule has 0 aromatic rings. The molecule has 3 fully saturated rings. The summed E-state index contributed by atoms with van der Waals surface area (Å²) in [7, 11) is 4.89. The molecule has 0 unspecified atom stereocenters. The van der Waals surface area contributed by atoms with E-state index in [9.17, 15) is 29.1 Å². The topological polar surface area (TPSA) is 155 Å². The molecule has 1 saturated carbocycles. The van der Waals surface area contributed by atoms with Crippen LogP contribution in [0.25, 0.3) is 0 Å². The molecular weight excluding hydrogens is 803 g/mol. The minimum absolute atomic E-state index is 0.0126. The van der Waals surface area contributed by atoms with E-state index < -0.39 is 59.6 Å². The van der Waals surface area contributed by atoms with Crippen molar-refractivity contribution in [1.29, 1.82) is 0 Å². The summed E-state index contributed by atoms with van der Waals surface area (Å²) < 4.78 is 29.7. The lowest BCUT2D eigenvalue weighted by Gasteiger charge is -2.42. The molecular formula is C51H79NO11. The van der Waals surface area contributed by atoms with E-state index >= 15 is 0 Å². The molecule has 0 aromatic carbocycles. The minimum Gasteiger partial charge on any atom is -0.460 e. The maximum Gasteiger partial charge on any atom is 0.329 e. The van der Waals surface area contributed by atoms with Gasteiger partial charge in [0.05, 0.1) is 18.3 Å². The highest BCUT2D eigenvalue weighted by Gasteiger charge is 2.53. The van der Waals surface area contributed by atoms with Crippen LogP contribution in [0.4, 0.5) is 0 Å². The van der Waals surface area contributed by atoms with Crippen LogP contribution in [0.15, 0.2) is 47.6 Å². The lowest BCUT2D eigenvalue weighted by atomic mass is 9.79. The third kappa shape index (κ3) is 14.9. The fraction of sp³-hybridized carbons (Fsp3) is 0.745. The Balaban J connectivity index is 1.66. The van der Waals surface area contributed by atoms with Crippen molar-refractivity contribution in [2.45, 2.75) is 181 Å². The molecule has 0 radical (unpaired) electrons. The molecule has 13 atom stereocenters. The number of esters is 1. The van der Waals surface area contributed by atoms with Crippen LogP contribution in [0, 0.1) is 35.5 Å². The molecule has 1 amide bonds. The highest BCUT2D eigenvalue weighted by molar-refractivity contribution is 6.39. The summed E-state index contributed by atoms with van der Waals surface area (Å²) in [5.74, 6) is -5.69. The Bertz CT molecular complexity index is 1680. The summed E-state index contributed by atoms with van der Waals surface area (Å²) in [6.07, 6.45) is 17.5. The first kappa shape index (κ1) is 52.3. The molecule has 63 heavy (non-hydrogen) atoms. The first-order valence-electron chi connectivity index (χ1n) is 23.7. The molecule has 4 aliphatic rings. The first-order chi connectivity index (χ1) is 29.9. The Hall–Kier alpha value is -3.29. The zero-order chi connectivity index (χ0) is 46.4. The average molecular weight is 882 g/mol. The minimum atomic E-state index is -2.39. The SMILES string of the molecule is CO[C@@H]1C/C(C)=C/[C@@H](C)C(=O)C[C@@H]([C@H](C)C[C@@H]2CCC(=O)[C@H](OC)C2)OC(=O)[C@@H]2CCCCN2C(=O)C(=O)[C@]2(O)O[C@@H](CC[C@H]2C)C[C@H](OC)/C(C)=C/C=C/C=C/[C@@H](C)C[C@@H](C)C1. The summed E-state index contributed by atoms with van der Waals surface area (Å²) >= 11 is 0. The average Bonchev–Trinajstić information content (AvgIpc) is 3.25. The van der Waals surface area contributed by atoms with Gasteiger partial charge in [-0.2, -0.15) is 0 Å². The number of hydrogen-bond acceptors (Lipinski definition) is 11. The van der Waals surface area contributed by atoms with Gasteiger partial charge in [-0.25, -0.2) is 4.79 Å². The number of piperidine rings is 1. The molecule has 354 valence electrons. The van der Waals surface area contributed by atoms with E-state index in [1.54, 1.807) is 21.1 Å². The quantitative estimate of drug-likeness (QED) is 0.156. The van der Waals surface area contributed by atoms with E-state index in [0.29, 0.717) is 76.0 Å². The van der Waals surface area contributed by atoms with Gasteiger partial charge in [-0.1, -0.05) is 76.6 Å². The van der Waals surface area contributed by atoms with Gasteiger partial charge in [-0.3, -0.25) is 19.2 Å². The lowest BCUT2D eigenvalue weighted by Crippen LogP contribution is -2.61. The highest BCUT2D eigenvalue weighted by Crippen LogP contribution is 2.37. The number of Topliss-reactive ketones (excluding diaryl/α,β-unsaturated/α-hetero) is 3. The molecule has 2 saturated heterocycles. The summed E-state index contributed by atoms with van der Waals surface area (Å²) in [5, 5.41) is 11.9. The van der Waals surface area contributed by atoms with Crippen LogP contribution < -0.4 is 0 Å². The third-order valence-electron chi connectivity index (χ3n) is 14.1. The fourth-order valence-corrected chi connectivity index (χ4v) is 10.2. The summed E-state index contributed by atoms with van der Waals surface area (Å²) in [4.78, 5) is 70.5. The second-order valence-corrected chi connectivity index (χ2v) is 19.5. The van der Waals surface area contributed by atoms with E-state index in [1.165, 1.54) is 12.0 Å².